The summed E-state index contributed by atoms with van der Waals surface area (Å²) in [5.74, 6) is 0.228. The minimum atomic E-state index is -0.360. The van der Waals surface area contributed by atoms with Gasteiger partial charge in [-0.2, -0.15) is 4.68 Å². The highest BCUT2D eigenvalue weighted by Gasteiger charge is 2.23. The van der Waals surface area contributed by atoms with Crippen LogP contribution < -0.4 is 10.5 Å². The highest BCUT2D eigenvalue weighted by Crippen LogP contribution is 2.17. The number of aryl methyl sites for hydroxylation is 2. The van der Waals surface area contributed by atoms with Gasteiger partial charge in [-0.15, -0.1) is 5.10 Å². The van der Waals surface area contributed by atoms with Gasteiger partial charge in [0, 0.05) is 37.8 Å². The van der Waals surface area contributed by atoms with E-state index >= 15 is 0 Å². The molecule has 0 atom stereocenters. The standard InChI is InChI=1S/C23H23FN4O2/c1-16-3-8-20(15-17(16)2)28-22(29)10-9-21(25-28)26-11-13-27(14-12-26)23(30)18-4-6-19(24)7-5-18/h3-10,15H,11-14H2,1-2H3. The fourth-order valence-electron chi connectivity index (χ4n) is 3.53. The molecule has 30 heavy (non-hydrogen) atoms. The lowest BCUT2D eigenvalue weighted by Gasteiger charge is -2.35. The van der Waals surface area contributed by atoms with Crippen molar-refractivity contribution >= 4 is 11.7 Å². The number of hydrogen-bond acceptors (Lipinski definition) is 4. The summed E-state index contributed by atoms with van der Waals surface area (Å²) >= 11 is 0. The van der Waals surface area contributed by atoms with Crippen LogP contribution in [0.25, 0.3) is 5.69 Å². The molecule has 0 spiro atoms. The molecule has 0 radical (unpaired) electrons. The first-order valence-electron chi connectivity index (χ1n) is 9.90. The number of benzene rings is 2. The Morgan fingerprint density at radius 1 is 0.900 bits per heavy atom. The molecule has 3 aromatic rings. The zero-order chi connectivity index (χ0) is 21.3. The molecule has 2 aromatic carbocycles. The van der Waals surface area contributed by atoms with Crippen molar-refractivity contribution in [2.24, 2.45) is 0 Å². The van der Waals surface area contributed by atoms with Crippen LogP contribution in [0, 0.1) is 19.7 Å². The molecule has 0 bridgehead atoms. The minimum absolute atomic E-state index is 0.109. The first-order valence-corrected chi connectivity index (χ1v) is 9.90. The summed E-state index contributed by atoms with van der Waals surface area (Å²) in [6.07, 6.45) is 0. The van der Waals surface area contributed by atoms with E-state index in [0.29, 0.717) is 37.6 Å². The van der Waals surface area contributed by atoms with E-state index in [1.54, 1.807) is 11.0 Å². The van der Waals surface area contributed by atoms with Crippen molar-refractivity contribution in [1.82, 2.24) is 14.7 Å². The van der Waals surface area contributed by atoms with Crippen LogP contribution in [0.2, 0.25) is 0 Å². The van der Waals surface area contributed by atoms with Crippen LogP contribution in [-0.2, 0) is 0 Å². The van der Waals surface area contributed by atoms with Crippen molar-refractivity contribution in [2.75, 3.05) is 31.1 Å². The smallest absolute Gasteiger partial charge is 0.271 e. The lowest BCUT2D eigenvalue weighted by Crippen LogP contribution is -2.49. The fraction of sp³-hybridized carbons (Fsp3) is 0.261. The maximum atomic E-state index is 13.1. The van der Waals surface area contributed by atoms with Crippen LogP contribution in [0.4, 0.5) is 10.2 Å². The van der Waals surface area contributed by atoms with Crippen molar-refractivity contribution in [3.63, 3.8) is 0 Å². The van der Waals surface area contributed by atoms with Gasteiger partial charge < -0.3 is 9.80 Å². The average Bonchev–Trinajstić information content (AvgIpc) is 2.76. The zero-order valence-electron chi connectivity index (χ0n) is 17.0. The predicted molar refractivity (Wildman–Crippen MR) is 114 cm³/mol. The Morgan fingerprint density at radius 3 is 2.27 bits per heavy atom. The van der Waals surface area contributed by atoms with E-state index < -0.39 is 0 Å². The number of anilines is 1. The van der Waals surface area contributed by atoms with Gasteiger partial charge >= 0.3 is 0 Å². The number of amides is 1. The number of halogens is 1. The van der Waals surface area contributed by atoms with Gasteiger partial charge in [0.2, 0.25) is 0 Å². The summed E-state index contributed by atoms with van der Waals surface area (Å²) in [6, 6.07) is 14.7. The monoisotopic (exact) mass is 406 g/mol. The number of carbonyl (C=O) groups excluding carboxylic acids is 1. The van der Waals surface area contributed by atoms with Crippen molar-refractivity contribution < 1.29 is 9.18 Å². The van der Waals surface area contributed by atoms with E-state index in [0.717, 1.165) is 16.8 Å². The number of carbonyl (C=O) groups is 1. The number of hydrogen-bond donors (Lipinski definition) is 0. The molecule has 1 aliphatic rings. The molecule has 0 unspecified atom stereocenters. The van der Waals surface area contributed by atoms with E-state index in [-0.39, 0.29) is 17.3 Å². The van der Waals surface area contributed by atoms with Gasteiger partial charge in [-0.3, -0.25) is 9.59 Å². The van der Waals surface area contributed by atoms with Crippen LogP contribution in [0.3, 0.4) is 0 Å². The van der Waals surface area contributed by atoms with E-state index in [1.807, 2.05) is 32.0 Å². The number of piperazine rings is 1. The van der Waals surface area contributed by atoms with Gasteiger partial charge in [0.1, 0.15) is 11.6 Å². The zero-order valence-corrected chi connectivity index (χ0v) is 17.0. The summed E-state index contributed by atoms with van der Waals surface area (Å²) in [5, 5.41) is 4.56. The van der Waals surface area contributed by atoms with Gasteiger partial charge in [0.15, 0.2) is 0 Å². The normalized spacial score (nSPS) is 14.1. The van der Waals surface area contributed by atoms with Gasteiger partial charge in [0.05, 0.1) is 5.69 Å². The molecule has 0 N–H and O–H groups in total. The van der Waals surface area contributed by atoms with Crippen molar-refractivity contribution in [1.29, 1.82) is 0 Å². The lowest BCUT2D eigenvalue weighted by molar-refractivity contribution is 0.0746. The molecule has 1 amide bonds. The number of nitrogens with zero attached hydrogens (tertiary/aromatic N) is 4. The van der Waals surface area contributed by atoms with Crippen molar-refractivity contribution in [3.05, 3.63) is 87.5 Å². The highest BCUT2D eigenvalue weighted by atomic mass is 19.1. The Morgan fingerprint density at radius 2 is 1.60 bits per heavy atom. The largest absolute Gasteiger partial charge is 0.352 e. The lowest BCUT2D eigenvalue weighted by atomic mass is 10.1. The summed E-state index contributed by atoms with van der Waals surface area (Å²) < 4.78 is 14.5. The number of aromatic nitrogens is 2. The van der Waals surface area contributed by atoms with E-state index in [4.69, 9.17) is 0 Å². The molecule has 4 rings (SSSR count). The topological polar surface area (TPSA) is 58.4 Å². The Hall–Kier alpha value is -3.48. The summed E-state index contributed by atoms with van der Waals surface area (Å²) in [5.41, 5.74) is 3.28. The van der Waals surface area contributed by atoms with Gasteiger partial charge in [-0.1, -0.05) is 6.07 Å². The Bertz CT molecular complexity index is 1130. The van der Waals surface area contributed by atoms with Crippen LogP contribution in [0.1, 0.15) is 21.5 Å². The summed E-state index contributed by atoms with van der Waals surface area (Å²) in [4.78, 5) is 28.8. The predicted octanol–water partition coefficient (Wildman–Crippen LogP) is 2.95. The van der Waals surface area contributed by atoms with Gasteiger partial charge in [0.25, 0.3) is 11.5 Å². The molecule has 154 valence electrons. The molecular formula is C23H23FN4O2. The van der Waals surface area contributed by atoms with E-state index in [2.05, 4.69) is 10.00 Å². The van der Waals surface area contributed by atoms with Crippen LogP contribution in [0.15, 0.2) is 59.4 Å². The second-order valence-electron chi connectivity index (χ2n) is 7.50. The quantitative estimate of drug-likeness (QED) is 0.671. The SMILES string of the molecule is Cc1ccc(-n2nc(N3CCN(C(=O)c4ccc(F)cc4)CC3)ccc2=O)cc1C. The minimum Gasteiger partial charge on any atom is -0.352 e. The maximum Gasteiger partial charge on any atom is 0.271 e. The molecular weight excluding hydrogens is 383 g/mol. The Balaban J connectivity index is 1.49. The molecule has 1 fully saturated rings. The first-order chi connectivity index (χ1) is 14.4. The fourth-order valence-corrected chi connectivity index (χ4v) is 3.53. The molecule has 1 aromatic heterocycles. The molecule has 0 saturated carbocycles. The maximum absolute atomic E-state index is 13.1. The van der Waals surface area contributed by atoms with Gasteiger partial charge in [-0.05, 0) is 67.4 Å². The Labute approximate surface area is 174 Å². The second kappa shape index (κ2) is 8.10. The molecule has 7 heteroatoms. The second-order valence-corrected chi connectivity index (χ2v) is 7.50. The molecule has 1 aliphatic heterocycles. The van der Waals surface area contributed by atoms with Crippen LogP contribution >= 0.6 is 0 Å². The molecule has 0 aliphatic carbocycles. The summed E-state index contributed by atoms with van der Waals surface area (Å²) in [7, 11) is 0. The highest BCUT2D eigenvalue weighted by molar-refractivity contribution is 5.94. The third-order valence-electron chi connectivity index (χ3n) is 5.50. The first kappa shape index (κ1) is 19.8. The molecule has 6 nitrogen and oxygen atoms in total. The van der Waals surface area contributed by atoms with Crippen LogP contribution in [0.5, 0.6) is 0 Å². The van der Waals surface area contributed by atoms with Gasteiger partial charge in [-0.25, -0.2) is 4.39 Å². The Kier molecular flexibility index (Phi) is 5.35. The third-order valence-corrected chi connectivity index (χ3v) is 5.50. The van der Waals surface area contributed by atoms with Crippen molar-refractivity contribution in [2.45, 2.75) is 13.8 Å². The molecule has 1 saturated heterocycles. The van der Waals surface area contributed by atoms with E-state index in [9.17, 15) is 14.0 Å². The van der Waals surface area contributed by atoms with E-state index in [1.165, 1.54) is 35.0 Å². The molecule has 2 heterocycles. The third kappa shape index (κ3) is 3.96. The van der Waals surface area contributed by atoms with Crippen LogP contribution in [-0.4, -0.2) is 46.8 Å². The number of rotatable bonds is 3. The summed E-state index contributed by atoms with van der Waals surface area (Å²) in [6.45, 7) is 6.29. The average molecular weight is 406 g/mol. The van der Waals surface area contributed by atoms with Crippen molar-refractivity contribution in [3.8, 4) is 5.69 Å².